The molecule has 0 N–H and O–H groups in total. The number of amides is 1. The lowest BCUT2D eigenvalue weighted by Crippen LogP contribution is -2.39. The Hall–Kier alpha value is -2.62. The van der Waals surface area contributed by atoms with Crippen molar-refractivity contribution in [2.24, 2.45) is 11.1 Å². The number of carbonyl (C=O) groups excluding carboxylic acids is 1. The second kappa shape index (κ2) is 7.97. The molecule has 2 aromatic rings. The fraction of sp³-hybridized carbons (Fsp3) is 0.333. The molecule has 0 radical (unpaired) electrons. The largest absolute Gasteiger partial charge is 0.390 e. The molecule has 0 saturated heterocycles. The van der Waals surface area contributed by atoms with Gasteiger partial charge in [0.15, 0.2) is 6.10 Å². The molecule has 3 rings (SSSR count). The standard InChI is InChI=1S/C21H24N2O2/c1-16(2)21(24)23(14-17-9-5-3-6-10-17)15-19-13-20(22-25-19)18-11-7-4-8-12-18/h3-12,16,19H,13-15H2,1-2H3. The average molecular weight is 336 g/mol. The zero-order valence-electron chi connectivity index (χ0n) is 14.8. The molecule has 0 bridgehead atoms. The van der Waals surface area contributed by atoms with E-state index in [-0.39, 0.29) is 17.9 Å². The van der Waals surface area contributed by atoms with E-state index < -0.39 is 0 Å². The highest BCUT2D eigenvalue weighted by Crippen LogP contribution is 2.19. The molecule has 130 valence electrons. The van der Waals surface area contributed by atoms with Crippen molar-refractivity contribution in [3.05, 3.63) is 71.8 Å². The van der Waals surface area contributed by atoms with Crippen LogP contribution in [0.5, 0.6) is 0 Å². The molecule has 1 heterocycles. The van der Waals surface area contributed by atoms with Crippen LogP contribution in [0.25, 0.3) is 0 Å². The molecule has 1 unspecified atom stereocenters. The molecule has 0 fully saturated rings. The van der Waals surface area contributed by atoms with Gasteiger partial charge in [-0.25, -0.2) is 0 Å². The van der Waals surface area contributed by atoms with E-state index >= 15 is 0 Å². The Morgan fingerprint density at radius 3 is 2.40 bits per heavy atom. The van der Waals surface area contributed by atoms with Crippen LogP contribution in [0.15, 0.2) is 65.8 Å². The van der Waals surface area contributed by atoms with E-state index in [2.05, 4.69) is 5.16 Å². The molecule has 0 aromatic heterocycles. The van der Waals surface area contributed by atoms with E-state index in [1.54, 1.807) is 0 Å². The molecule has 4 nitrogen and oxygen atoms in total. The summed E-state index contributed by atoms with van der Waals surface area (Å²) in [5.74, 6) is 0.0974. The summed E-state index contributed by atoms with van der Waals surface area (Å²) in [6, 6.07) is 20.1. The van der Waals surface area contributed by atoms with Crippen LogP contribution < -0.4 is 0 Å². The molecule has 2 aromatic carbocycles. The first-order valence-electron chi connectivity index (χ1n) is 8.74. The van der Waals surface area contributed by atoms with Crippen molar-refractivity contribution in [2.45, 2.75) is 32.9 Å². The highest BCUT2D eigenvalue weighted by molar-refractivity contribution is 6.01. The quantitative estimate of drug-likeness (QED) is 0.804. The summed E-state index contributed by atoms with van der Waals surface area (Å²) in [5, 5.41) is 4.23. The van der Waals surface area contributed by atoms with Gasteiger partial charge >= 0.3 is 0 Å². The van der Waals surface area contributed by atoms with Crippen molar-refractivity contribution >= 4 is 11.6 Å². The van der Waals surface area contributed by atoms with Gasteiger partial charge in [-0.3, -0.25) is 4.79 Å². The summed E-state index contributed by atoms with van der Waals surface area (Å²) in [6.45, 7) is 5.01. The lowest BCUT2D eigenvalue weighted by atomic mass is 10.0. The van der Waals surface area contributed by atoms with E-state index in [1.165, 1.54) is 0 Å². The smallest absolute Gasteiger partial charge is 0.225 e. The molecule has 0 saturated carbocycles. The maximum atomic E-state index is 12.6. The minimum absolute atomic E-state index is 0.0420. The first-order chi connectivity index (χ1) is 12.1. The number of benzene rings is 2. The van der Waals surface area contributed by atoms with Gasteiger partial charge in [-0.05, 0) is 11.1 Å². The zero-order valence-corrected chi connectivity index (χ0v) is 14.8. The molecule has 1 amide bonds. The number of nitrogens with zero attached hydrogens (tertiary/aromatic N) is 2. The number of carbonyl (C=O) groups is 1. The first-order valence-corrected chi connectivity index (χ1v) is 8.74. The summed E-state index contributed by atoms with van der Waals surface area (Å²) in [7, 11) is 0. The van der Waals surface area contributed by atoms with Crippen LogP contribution in [0.4, 0.5) is 0 Å². The number of hydrogen-bond acceptors (Lipinski definition) is 3. The van der Waals surface area contributed by atoms with Crippen LogP contribution in [0.3, 0.4) is 0 Å². The maximum Gasteiger partial charge on any atom is 0.225 e. The lowest BCUT2D eigenvalue weighted by Gasteiger charge is -2.26. The summed E-state index contributed by atoms with van der Waals surface area (Å²) < 4.78 is 0. The second-order valence-electron chi connectivity index (χ2n) is 6.69. The third-order valence-corrected chi connectivity index (χ3v) is 4.29. The Bertz CT molecular complexity index is 726. The van der Waals surface area contributed by atoms with Gasteiger partial charge in [-0.1, -0.05) is 79.7 Å². The number of oxime groups is 1. The van der Waals surface area contributed by atoms with E-state index in [4.69, 9.17) is 4.84 Å². The SMILES string of the molecule is CC(C)C(=O)N(Cc1ccccc1)CC1CC(c2ccccc2)=NO1. The summed E-state index contributed by atoms with van der Waals surface area (Å²) in [4.78, 5) is 20.1. The van der Waals surface area contributed by atoms with Gasteiger partial charge in [0.25, 0.3) is 0 Å². The van der Waals surface area contributed by atoms with E-state index in [0.717, 1.165) is 23.3 Å². The summed E-state index contributed by atoms with van der Waals surface area (Å²) in [5.41, 5.74) is 3.15. The van der Waals surface area contributed by atoms with Crippen molar-refractivity contribution < 1.29 is 9.63 Å². The minimum atomic E-state index is -0.0957. The van der Waals surface area contributed by atoms with Crippen LogP contribution in [-0.2, 0) is 16.2 Å². The normalized spacial score (nSPS) is 16.4. The monoisotopic (exact) mass is 336 g/mol. The molecular formula is C21H24N2O2. The third-order valence-electron chi connectivity index (χ3n) is 4.29. The molecule has 4 heteroatoms. The van der Waals surface area contributed by atoms with Gasteiger partial charge in [0.2, 0.25) is 5.91 Å². The molecule has 0 spiro atoms. The van der Waals surface area contributed by atoms with Crippen molar-refractivity contribution in [2.75, 3.05) is 6.54 Å². The topological polar surface area (TPSA) is 41.9 Å². The molecular weight excluding hydrogens is 312 g/mol. The Labute approximate surface area is 149 Å². The van der Waals surface area contributed by atoms with Crippen molar-refractivity contribution in [3.8, 4) is 0 Å². The first kappa shape index (κ1) is 17.2. The predicted molar refractivity (Wildman–Crippen MR) is 99.2 cm³/mol. The van der Waals surface area contributed by atoms with Gasteiger partial charge < -0.3 is 9.74 Å². The van der Waals surface area contributed by atoms with E-state index in [0.29, 0.717) is 13.1 Å². The highest BCUT2D eigenvalue weighted by atomic mass is 16.6. The van der Waals surface area contributed by atoms with Crippen LogP contribution in [0.1, 0.15) is 31.4 Å². The predicted octanol–water partition coefficient (Wildman–Crippen LogP) is 3.86. The lowest BCUT2D eigenvalue weighted by molar-refractivity contribution is -0.136. The molecule has 1 aliphatic heterocycles. The molecule has 1 atom stereocenters. The highest BCUT2D eigenvalue weighted by Gasteiger charge is 2.27. The Kier molecular flexibility index (Phi) is 5.49. The average Bonchev–Trinajstić information content (AvgIpc) is 3.11. The van der Waals surface area contributed by atoms with Crippen LogP contribution in [0, 0.1) is 5.92 Å². The molecule has 1 aliphatic rings. The van der Waals surface area contributed by atoms with Crippen molar-refractivity contribution in [3.63, 3.8) is 0 Å². The van der Waals surface area contributed by atoms with E-state index in [1.807, 2.05) is 79.4 Å². The zero-order chi connectivity index (χ0) is 17.6. The Balaban J connectivity index is 1.66. The minimum Gasteiger partial charge on any atom is -0.390 e. The molecule has 25 heavy (non-hydrogen) atoms. The van der Waals surface area contributed by atoms with E-state index in [9.17, 15) is 4.79 Å². The summed E-state index contributed by atoms with van der Waals surface area (Å²) >= 11 is 0. The van der Waals surface area contributed by atoms with Crippen LogP contribution >= 0.6 is 0 Å². The fourth-order valence-corrected chi connectivity index (χ4v) is 2.97. The van der Waals surface area contributed by atoms with Gasteiger partial charge in [-0.15, -0.1) is 0 Å². The van der Waals surface area contributed by atoms with Gasteiger partial charge in [0.1, 0.15) is 0 Å². The van der Waals surface area contributed by atoms with Gasteiger partial charge in [-0.2, -0.15) is 0 Å². The van der Waals surface area contributed by atoms with Crippen molar-refractivity contribution in [1.29, 1.82) is 0 Å². The van der Waals surface area contributed by atoms with Crippen LogP contribution in [-0.4, -0.2) is 29.2 Å². The Morgan fingerprint density at radius 1 is 1.12 bits per heavy atom. The number of hydrogen-bond donors (Lipinski definition) is 0. The van der Waals surface area contributed by atoms with Crippen LogP contribution in [0.2, 0.25) is 0 Å². The number of rotatable bonds is 6. The molecule has 0 aliphatic carbocycles. The van der Waals surface area contributed by atoms with Gasteiger partial charge in [0.05, 0.1) is 12.3 Å². The van der Waals surface area contributed by atoms with Crippen molar-refractivity contribution in [1.82, 2.24) is 4.90 Å². The second-order valence-corrected chi connectivity index (χ2v) is 6.69. The van der Waals surface area contributed by atoms with Gasteiger partial charge in [0, 0.05) is 18.9 Å². The summed E-state index contributed by atoms with van der Waals surface area (Å²) in [6.07, 6.45) is 0.627. The fourth-order valence-electron chi connectivity index (χ4n) is 2.97. The maximum absolute atomic E-state index is 12.6. The Morgan fingerprint density at radius 2 is 1.76 bits per heavy atom. The third kappa shape index (κ3) is 4.47.